The van der Waals surface area contributed by atoms with E-state index >= 15 is 0 Å². The third kappa shape index (κ3) is 64.0. The van der Waals surface area contributed by atoms with E-state index in [2.05, 4.69) is 167 Å². The fraction of sp³-hybridized carbons (Fsp3) is 0.630. The van der Waals surface area contributed by atoms with E-state index in [-0.39, 0.29) is 31.1 Å². The third-order valence-electron chi connectivity index (χ3n) is 13.3. The van der Waals surface area contributed by atoms with Gasteiger partial charge < -0.3 is 14.2 Å². The van der Waals surface area contributed by atoms with Crippen molar-refractivity contribution in [1.29, 1.82) is 0 Å². The summed E-state index contributed by atoms with van der Waals surface area (Å²) in [6, 6.07) is 0. The average Bonchev–Trinajstić information content (AvgIpc) is 3.45. The molecule has 0 bridgehead atoms. The van der Waals surface area contributed by atoms with E-state index < -0.39 is 6.10 Å². The maximum atomic E-state index is 12.9. The van der Waals surface area contributed by atoms with E-state index in [1.807, 2.05) is 0 Å². The molecule has 446 valence electrons. The van der Waals surface area contributed by atoms with Gasteiger partial charge in [0.15, 0.2) is 6.10 Å². The van der Waals surface area contributed by atoms with Crippen molar-refractivity contribution in [2.75, 3.05) is 13.2 Å². The zero-order valence-corrected chi connectivity index (χ0v) is 51.1. The van der Waals surface area contributed by atoms with E-state index in [0.717, 1.165) is 128 Å². The van der Waals surface area contributed by atoms with Crippen molar-refractivity contribution < 1.29 is 28.6 Å². The number of hydrogen-bond donors (Lipinski definition) is 0. The second kappa shape index (κ2) is 65.8. The normalized spacial score (nSPS) is 13.1. The molecule has 79 heavy (non-hydrogen) atoms. The van der Waals surface area contributed by atoms with Crippen LogP contribution in [0.15, 0.2) is 146 Å². The maximum absolute atomic E-state index is 12.9. The first-order valence-electron chi connectivity index (χ1n) is 32.3. The van der Waals surface area contributed by atoms with Crippen LogP contribution in [0.3, 0.4) is 0 Å². The quantitative estimate of drug-likeness (QED) is 0.0261. The summed E-state index contributed by atoms with van der Waals surface area (Å²) in [5.74, 6) is -0.964. The van der Waals surface area contributed by atoms with Crippen LogP contribution in [-0.2, 0) is 28.6 Å². The Kier molecular flexibility index (Phi) is 61.9. The lowest BCUT2D eigenvalue weighted by atomic mass is 10.1. The standard InChI is InChI=1S/C73H118O6/c1-4-7-10-13-16-19-22-25-28-31-32-33-34-35-36-37-38-39-40-43-45-48-51-54-57-60-63-66-72(75)78-69-70(79-73(76)67-64-61-58-55-52-49-46-42-30-27-24-21-18-15-12-9-6-3)68-77-71(74)65-62-59-56-53-50-47-44-41-29-26-23-20-17-14-11-8-5-2/h7,10,16-21,25-30,32-33,35-36,38-39,43,45,51,54,70H,4-6,8-9,11-15,22-24,31,34,37,40-42,44,46-50,52-53,55-69H2,1-3H3/b10-7-,19-16-,20-17-,21-18-,28-25-,29-26-,30-27-,33-32-,36-35-,39-38-,45-43-,54-51-. The zero-order chi connectivity index (χ0) is 57.1. The molecular weight excluding hydrogens is 973 g/mol. The molecule has 6 heteroatoms. The number of esters is 3. The molecule has 6 nitrogen and oxygen atoms in total. The van der Waals surface area contributed by atoms with Gasteiger partial charge >= 0.3 is 17.9 Å². The number of carbonyl (C=O) groups excluding carboxylic acids is 3. The van der Waals surface area contributed by atoms with Crippen LogP contribution in [-0.4, -0.2) is 37.2 Å². The smallest absolute Gasteiger partial charge is 0.306 e. The van der Waals surface area contributed by atoms with Gasteiger partial charge in [-0.25, -0.2) is 0 Å². The molecule has 0 fully saturated rings. The third-order valence-corrected chi connectivity index (χ3v) is 13.3. The number of ether oxygens (including phenoxy) is 3. The van der Waals surface area contributed by atoms with E-state index in [9.17, 15) is 14.4 Å². The maximum Gasteiger partial charge on any atom is 0.306 e. The SMILES string of the molecule is CC/C=C\C/C=C\C/C=C\C/C=C\C/C=C\C/C=C\C/C=C\C/C=C\CCCCC(=O)OCC(COC(=O)CCCCCCCCC/C=C\C/C=C\CCCCC)OC(=O)CCCCCCCCC/C=C\C/C=C\CCCCC. The van der Waals surface area contributed by atoms with Crippen LogP contribution in [0.2, 0.25) is 0 Å². The van der Waals surface area contributed by atoms with Gasteiger partial charge in [-0.15, -0.1) is 0 Å². The van der Waals surface area contributed by atoms with Crippen molar-refractivity contribution in [2.24, 2.45) is 0 Å². The van der Waals surface area contributed by atoms with Crippen LogP contribution in [0.4, 0.5) is 0 Å². The van der Waals surface area contributed by atoms with Crippen LogP contribution < -0.4 is 0 Å². The molecule has 0 aliphatic rings. The van der Waals surface area contributed by atoms with Crippen molar-refractivity contribution in [3.05, 3.63) is 146 Å². The lowest BCUT2D eigenvalue weighted by Gasteiger charge is -2.18. The minimum atomic E-state index is -0.812. The zero-order valence-electron chi connectivity index (χ0n) is 51.1. The number of allylic oxidation sites excluding steroid dienone is 24. The van der Waals surface area contributed by atoms with Gasteiger partial charge in [0.05, 0.1) is 0 Å². The molecule has 1 atom stereocenters. The molecular formula is C73H118O6. The Balaban J connectivity index is 4.49. The number of carbonyl (C=O) groups is 3. The van der Waals surface area contributed by atoms with Gasteiger partial charge in [0.1, 0.15) is 13.2 Å². The van der Waals surface area contributed by atoms with Crippen LogP contribution in [0.1, 0.15) is 278 Å². The highest BCUT2D eigenvalue weighted by Crippen LogP contribution is 2.14. The fourth-order valence-electron chi connectivity index (χ4n) is 8.46. The molecule has 0 aromatic heterocycles. The highest BCUT2D eigenvalue weighted by Gasteiger charge is 2.19. The van der Waals surface area contributed by atoms with E-state index in [1.165, 1.54) is 103 Å². The fourth-order valence-corrected chi connectivity index (χ4v) is 8.46. The van der Waals surface area contributed by atoms with Gasteiger partial charge in [0, 0.05) is 19.3 Å². The second-order valence-electron chi connectivity index (χ2n) is 20.9. The number of unbranched alkanes of at least 4 members (excludes halogenated alkanes) is 22. The predicted molar refractivity (Wildman–Crippen MR) is 343 cm³/mol. The Hall–Kier alpha value is -4.71. The molecule has 0 aromatic rings. The summed E-state index contributed by atoms with van der Waals surface area (Å²) in [6.07, 6.45) is 94.1. The molecule has 1 unspecified atom stereocenters. The van der Waals surface area contributed by atoms with Crippen LogP contribution >= 0.6 is 0 Å². The Bertz CT molecular complexity index is 1730. The molecule has 0 aromatic carbocycles. The molecule has 0 N–H and O–H groups in total. The Morgan fingerprint density at radius 2 is 0.494 bits per heavy atom. The highest BCUT2D eigenvalue weighted by molar-refractivity contribution is 5.71. The Labute approximate surface area is 487 Å². The average molecular weight is 1090 g/mol. The van der Waals surface area contributed by atoms with Gasteiger partial charge in [0.2, 0.25) is 0 Å². The van der Waals surface area contributed by atoms with Gasteiger partial charge in [-0.05, 0) is 148 Å². The summed E-state index contributed by atoms with van der Waals surface area (Å²) >= 11 is 0. The Morgan fingerprint density at radius 1 is 0.266 bits per heavy atom. The molecule has 0 radical (unpaired) electrons. The lowest BCUT2D eigenvalue weighted by Crippen LogP contribution is -2.30. The van der Waals surface area contributed by atoms with Crippen LogP contribution in [0, 0.1) is 0 Å². The van der Waals surface area contributed by atoms with E-state index in [4.69, 9.17) is 14.2 Å². The molecule has 0 spiro atoms. The summed E-state index contributed by atoms with van der Waals surface area (Å²) in [7, 11) is 0. The van der Waals surface area contributed by atoms with Crippen LogP contribution in [0.25, 0.3) is 0 Å². The van der Waals surface area contributed by atoms with Gasteiger partial charge in [-0.1, -0.05) is 256 Å². The minimum Gasteiger partial charge on any atom is -0.462 e. The van der Waals surface area contributed by atoms with Gasteiger partial charge in [0.25, 0.3) is 0 Å². The molecule has 0 aliphatic carbocycles. The summed E-state index contributed by atoms with van der Waals surface area (Å²) < 4.78 is 16.9. The lowest BCUT2D eigenvalue weighted by molar-refractivity contribution is -0.167. The molecule has 0 aliphatic heterocycles. The van der Waals surface area contributed by atoms with Crippen molar-refractivity contribution in [3.8, 4) is 0 Å². The van der Waals surface area contributed by atoms with Crippen LogP contribution in [0.5, 0.6) is 0 Å². The predicted octanol–water partition coefficient (Wildman–Crippen LogP) is 22.3. The number of hydrogen-bond acceptors (Lipinski definition) is 6. The van der Waals surface area contributed by atoms with Gasteiger partial charge in [-0.2, -0.15) is 0 Å². The minimum absolute atomic E-state index is 0.104. The first-order valence-corrected chi connectivity index (χ1v) is 32.3. The molecule has 0 saturated heterocycles. The second-order valence-corrected chi connectivity index (χ2v) is 20.9. The van der Waals surface area contributed by atoms with Crippen molar-refractivity contribution >= 4 is 17.9 Å². The molecule has 0 heterocycles. The number of rotatable bonds is 57. The topological polar surface area (TPSA) is 78.9 Å². The molecule has 0 amide bonds. The van der Waals surface area contributed by atoms with Crippen molar-refractivity contribution in [2.45, 2.75) is 284 Å². The monoisotopic (exact) mass is 1090 g/mol. The summed E-state index contributed by atoms with van der Waals surface area (Å²) in [4.78, 5) is 38.3. The summed E-state index contributed by atoms with van der Waals surface area (Å²) in [5.41, 5.74) is 0. The van der Waals surface area contributed by atoms with E-state index in [1.54, 1.807) is 0 Å². The Morgan fingerprint density at radius 3 is 0.797 bits per heavy atom. The van der Waals surface area contributed by atoms with Crippen molar-refractivity contribution in [1.82, 2.24) is 0 Å². The summed E-state index contributed by atoms with van der Waals surface area (Å²) in [6.45, 7) is 6.43. The van der Waals surface area contributed by atoms with Gasteiger partial charge in [-0.3, -0.25) is 14.4 Å². The first-order chi connectivity index (χ1) is 39.0. The van der Waals surface area contributed by atoms with E-state index in [0.29, 0.717) is 25.7 Å². The first kappa shape index (κ1) is 74.3. The largest absolute Gasteiger partial charge is 0.462 e. The summed E-state index contributed by atoms with van der Waals surface area (Å²) in [5, 5.41) is 0. The molecule has 0 rings (SSSR count). The highest BCUT2D eigenvalue weighted by atomic mass is 16.6. The molecule has 0 saturated carbocycles. The van der Waals surface area contributed by atoms with Crippen molar-refractivity contribution in [3.63, 3.8) is 0 Å².